The molecule has 19 heavy (non-hydrogen) atoms. The van der Waals surface area contributed by atoms with Crippen LogP contribution in [-0.4, -0.2) is 6.61 Å². The minimum atomic E-state index is 0.181. The van der Waals surface area contributed by atoms with Crippen molar-refractivity contribution in [2.45, 2.75) is 46.5 Å². The minimum absolute atomic E-state index is 0.181. The van der Waals surface area contributed by atoms with Gasteiger partial charge in [-0.3, -0.25) is 0 Å². The summed E-state index contributed by atoms with van der Waals surface area (Å²) < 4.78 is 6.78. The summed E-state index contributed by atoms with van der Waals surface area (Å²) in [6.07, 6.45) is 3.50. The third-order valence-electron chi connectivity index (χ3n) is 3.87. The molecule has 0 saturated carbocycles. The molecule has 0 unspecified atom stereocenters. The van der Waals surface area contributed by atoms with Crippen molar-refractivity contribution in [1.29, 1.82) is 0 Å². The fourth-order valence-corrected chi connectivity index (χ4v) is 3.21. The van der Waals surface area contributed by atoms with E-state index in [9.17, 15) is 0 Å². The topological polar surface area (TPSA) is 9.23 Å². The molecule has 2 rings (SSSR count). The number of hydrogen-bond donors (Lipinski definition) is 0. The molecule has 0 fully saturated rings. The normalized spacial score (nSPS) is 17.1. The molecule has 0 spiro atoms. The molecular weight excluding hydrogens is 300 g/mol. The maximum absolute atomic E-state index is 5.73. The van der Waals surface area contributed by atoms with Gasteiger partial charge in [0, 0.05) is 0 Å². The molecule has 0 radical (unpaired) electrons. The average Bonchev–Trinajstić information content (AvgIpc) is 2.30. The Morgan fingerprint density at radius 2 is 2.00 bits per heavy atom. The van der Waals surface area contributed by atoms with Gasteiger partial charge in [0.15, 0.2) is 0 Å². The quantitative estimate of drug-likeness (QED) is 0.707. The highest BCUT2D eigenvalue weighted by Crippen LogP contribution is 2.45. The van der Waals surface area contributed by atoms with Crippen LogP contribution in [0, 0.1) is 5.92 Å². The standard InChI is InChI=1S/C17H23BrO/c1-6-19-16-10-14-13(9-15(16)18)12(11(2)3)7-8-17(14,4)5/h7,9-11H,6,8H2,1-5H3. The van der Waals surface area contributed by atoms with Crippen molar-refractivity contribution in [3.05, 3.63) is 33.8 Å². The van der Waals surface area contributed by atoms with Crippen LogP contribution in [0.5, 0.6) is 5.75 Å². The Balaban J connectivity index is 2.60. The number of fused-ring (bicyclic) bond motifs is 1. The molecule has 0 amide bonds. The summed E-state index contributed by atoms with van der Waals surface area (Å²) in [7, 11) is 0. The van der Waals surface area contributed by atoms with Gasteiger partial charge in [0.25, 0.3) is 0 Å². The first-order valence-corrected chi connectivity index (χ1v) is 7.83. The van der Waals surface area contributed by atoms with Gasteiger partial charge in [-0.15, -0.1) is 0 Å². The fraction of sp³-hybridized carbons (Fsp3) is 0.529. The van der Waals surface area contributed by atoms with Crippen LogP contribution in [0.1, 0.15) is 52.2 Å². The van der Waals surface area contributed by atoms with Crippen molar-refractivity contribution in [3.63, 3.8) is 0 Å². The molecule has 0 bridgehead atoms. The monoisotopic (exact) mass is 322 g/mol. The molecule has 0 heterocycles. The van der Waals surface area contributed by atoms with Gasteiger partial charge in [0.2, 0.25) is 0 Å². The molecule has 2 heteroatoms. The Hall–Kier alpha value is -0.760. The number of allylic oxidation sites excluding steroid dienone is 2. The second-order valence-corrected chi connectivity index (χ2v) is 7.02. The van der Waals surface area contributed by atoms with Gasteiger partial charge < -0.3 is 4.74 Å². The molecule has 0 N–H and O–H groups in total. The second kappa shape index (κ2) is 5.32. The fourth-order valence-electron chi connectivity index (χ4n) is 2.75. The zero-order chi connectivity index (χ0) is 14.2. The van der Waals surface area contributed by atoms with Crippen molar-refractivity contribution in [1.82, 2.24) is 0 Å². The van der Waals surface area contributed by atoms with Crippen LogP contribution in [0.25, 0.3) is 5.57 Å². The van der Waals surface area contributed by atoms with Crippen LogP contribution in [-0.2, 0) is 5.41 Å². The largest absolute Gasteiger partial charge is 0.493 e. The van der Waals surface area contributed by atoms with E-state index in [0.717, 1.165) is 16.6 Å². The molecular formula is C17H23BrO. The number of hydrogen-bond acceptors (Lipinski definition) is 1. The van der Waals surface area contributed by atoms with Crippen LogP contribution < -0.4 is 4.74 Å². The zero-order valence-electron chi connectivity index (χ0n) is 12.5. The average molecular weight is 323 g/mol. The van der Waals surface area contributed by atoms with E-state index in [4.69, 9.17) is 4.74 Å². The Bertz CT molecular complexity index is 512. The summed E-state index contributed by atoms with van der Waals surface area (Å²) in [5.74, 6) is 1.51. The van der Waals surface area contributed by atoms with Crippen LogP contribution in [0.4, 0.5) is 0 Å². The van der Waals surface area contributed by atoms with Crippen LogP contribution in [0.15, 0.2) is 22.7 Å². The molecule has 1 nitrogen and oxygen atoms in total. The summed E-state index contributed by atoms with van der Waals surface area (Å²) in [4.78, 5) is 0. The predicted molar refractivity (Wildman–Crippen MR) is 85.8 cm³/mol. The third-order valence-corrected chi connectivity index (χ3v) is 4.49. The van der Waals surface area contributed by atoms with Gasteiger partial charge in [-0.1, -0.05) is 33.8 Å². The van der Waals surface area contributed by atoms with Gasteiger partial charge in [-0.2, -0.15) is 0 Å². The second-order valence-electron chi connectivity index (χ2n) is 6.16. The lowest BCUT2D eigenvalue weighted by molar-refractivity contribution is 0.336. The number of ether oxygens (including phenoxy) is 1. The maximum Gasteiger partial charge on any atom is 0.133 e. The highest BCUT2D eigenvalue weighted by atomic mass is 79.9. The summed E-state index contributed by atoms with van der Waals surface area (Å²) >= 11 is 3.64. The maximum atomic E-state index is 5.73. The first-order chi connectivity index (χ1) is 8.86. The summed E-state index contributed by atoms with van der Waals surface area (Å²) in [6, 6.07) is 4.45. The SMILES string of the molecule is CCOc1cc2c(cc1Br)C(C(C)C)=CCC2(C)C. The van der Waals surface area contributed by atoms with Crippen molar-refractivity contribution in [2.75, 3.05) is 6.61 Å². The van der Waals surface area contributed by atoms with E-state index in [1.54, 1.807) is 0 Å². The molecule has 1 aliphatic rings. The molecule has 1 aromatic rings. The van der Waals surface area contributed by atoms with Gasteiger partial charge in [-0.25, -0.2) is 0 Å². The van der Waals surface area contributed by atoms with Gasteiger partial charge in [-0.05, 0) is 69.4 Å². The van der Waals surface area contributed by atoms with Crippen LogP contribution in [0.3, 0.4) is 0 Å². The highest BCUT2D eigenvalue weighted by molar-refractivity contribution is 9.10. The van der Waals surface area contributed by atoms with E-state index in [1.165, 1.54) is 16.7 Å². The van der Waals surface area contributed by atoms with Crippen molar-refractivity contribution in [2.24, 2.45) is 5.92 Å². The number of rotatable bonds is 3. The van der Waals surface area contributed by atoms with E-state index < -0.39 is 0 Å². The Morgan fingerprint density at radius 1 is 1.32 bits per heavy atom. The lowest BCUT2D eigenvalue weighted by Gasteiger charge is -2.34. The van der Waals surface area contributed by atoms with Gasteiger partial charge >= 0.3 is 0 Å². The molecule has 104 valence electrons. The van der Waals surface area contributed by atoms with E-state index in [1.807, 2.05) is 6.92 Å². The van der Waals surface area contributed by atoms with E-state index >= 15 is 0 Å². The van der Waals surface area contributed by atoms with Crippen molar-refractivity contribution in [3.8, 4) is 5.75 Å². The Labute approximate surface area is 125 Å². The molecule has 1 aliphatic carbocycles. The van der Waals surface area contributed by atoms with E-state index in [0.29, 0.717) is 12.5 Å². The smallest absolute Gasteiger partial charge is 0.133 e. The molecule has 0 aliphatic heterocycles. The van der Waals surface area contributed by atoms with Gasteiger partial charge in [0.05, 0.1) is 11.1 Å². The molecule has 0 aromatic heterocycles. The van der Waals surface area contributed by atoms with Crippen LogP contribution in [0.2, 0.25) is 0 Å². The molecule has 0 saturated heterocycles. The predicted octanol–water partition coefficient (Wildman–Crippen LogP) is 5.57. The lowest BCUT2D eigenvalue weighted by Crippen LogP contribution is -2.23. The number of halogens is 1. The lowest BCUT2D eigenvalue weighted by atomic mass is 9.71. The minimum Gasteiger partial charge on any atom is -0.493 e. The highest BCUT2D eigenvalue weighted by Gasteiger charge is 2.30. The van der Waals surface area contributed by atoms with E-state index in [-0.39, 0.29) is 5.41 Å². The Morgan fingerprint density at radius 3 is 2.58 bits per heavy atom. The molecule has 1 aromatic carbocycles. The summed E-state index contributed by atoms with van der Waals surface area (Å²) in [5, 5.41) is 0. The molecule has 0 atom stereocenters. The van der Waals surface area contributed by atoms with Gasteiger partial charge in [0.1, 0.15) is 5.75 Å². The Kier molecular flexibility index (Phi) is 4.10. The summed E-state index contributed by atoms with van der Waals surface area (Å²) in [6.45, 7) is 11.9. The van der Waals surface area contributed by atoms with Crippen LogP contribution >= 0.6 is 15.9 Å². The van der Waals surface area contributed by atoms with Crippen molar-refractivity contribution >= 4 is 21.5 Å². The zero-order valence-corrected chi connectivity index (χ0v) is 14.1. The van der Waals surface area contributed by atoms with E-state index in [2.05, 4.69) is 61.8 Å². The first kappa shape index (κ1) is 14.6. The summed E-state index contributed by atoms with van der Waals surface area (Å²) in [5.41, 5.74) is 4.42. The number of benzene rings is 1. The van der Waals surface area contributed by atoms with Crippen molar-refractivity contribution < 1.29 is 4.74 Å². The third kappa shape index (κ3) is 2.74. The first-order valence-electron chi connectivity index (χ1n) is 7.04.